The molecule has 6 nitrogen and oxygen atoms in total. The maximum atomic E-state index is 13.6. The summed E-state index contributed by atoms with van der Waals surface area (Å²) in [4.78, 5) is 42.0. The molecule has 7 heteroatoms. The summed E-state index contributed by atoms with van der Waals surface area (Å²) in [5.41, 5.74) is 1.06. The number of hydrogen-bond donors (Lipinski definition) is 1. The van der Waals surface area contributed by atoms with Gasteiger partial charge in [0.15, 0.2) is 0 Å². The lowest BCUT2D eigenvalue weighted by molar-refractivity contribution is -0.144. The van der Waals surface area contributed by atoms with E-state index in [0.29, 0.717) is 25.8 Å². The largest absolute Gasteiger partial charge is 0.347 e. The van der Waals surface area contributed by atoms with Crippen molar-refractivity contribution < 1.29 is 14.4 Å². The summed E-state index contributed by atoms with van der Waals surface area (Å²) in [6.07, 6.45) is 5.17. The predicted octanol–water partition coefficient (Wildman–Crippen LogP) is 3.59. The lowest BCUT2D eigenvalue weighted by Gasteiger charge is -2.30. The van der Waals surface area contributed by atoms with Gasteiger partial charge in [-0.1, -0.05) is 38.0 Å². The second-order valence-electron chi connectivity index (χ2n) is 8.46. The minimum absolute atomic E-state index is 0.0557. The molecule has 1 aliphatic heterocycles. The van der Waals surface area contributed by atoms with Gasteiger partial charge in [-0.3, -0.25) is 14.4 Å². The van der Waals surface area contributed by atoms with Crippen LogP contribution < -0.4 is 5.32 Å². The van der Waals surface area contributed by atoms with Crippen molar-refractivity contribution in [2.24, 2.45) is 0 Å². The van der Waals surface area contributed by atoms with Gasteiger partial charge in [-0.25, -0.2) is 0 Å². The highest BCUT2D eigenvalue weighted by Gasteiger charge is 2.38. The lowest BCUT2D eigenvalue weighted by atomic mass is 10.0. The molecule has 2 heterocycles. The molecule has 168 valence electrons. The smallest absolute Gasteiger partial charge is 0.246 e. The van der Waals surface area contributed by atoms with Gasteiger partial charge >= 0.3 is 0 Å². The average molecular weight is 444 g/mol. The standard InChI is InChI=1S/C24H33N3O3S/c1-4-5-6-13-22(28)25-19(15-17-16-31-21-12-8-7-10-18(17)21)23(29)27-14-9-11-20(27)24(30)26(2)3/h7-8,10,12,16,19-20H,4-6,9,11,13-15H2,1-3H3,(H,25,28)/t19-,20-/m0/s1. The Bertz CT molecular complexity index is 924. The van der Waals surface area contributed by atoms with Crippen LogP contribution in [0.1, 0.15) is 51.0 Å². The third kappa shape index (κ3) is 5.64. The quantitative estimate of drug-likeness (QED) is 0.602. The van der Waals surface area contributed by atoms with Crippen LogP contribution in [0.3, 0.4) is 0 Å². The first kappa shape index (κ1) is 23.3. The minimum atomic E-state index is -0.664. The van der Waals surface area contributed by atoms with Crippen LogP contribution in [-0.4, -0.2) is 60.2 Å². The van der Waals surface area contributed by atoms with Crippen molar-refractivity contribution in [3.05, 3.63) is 35.2 Å². The summed E-state index contributed by atoms with van der Waals surface area (Å²) in [5.74, 6) is -0.308. The Morgan fingerprint density at radius 2 is 2.00 bits per heavy atom. The zero-order valence-corrected chi connectivity index (χ0v) is 19.5. The molecule has 0 spiro atoms. The molecule has 1 saturated heterocycles. The molecule has 31 heavy (non-hydrogen) atoms. The summed E-state index contributed by atoms with van der Waals surface area (Å²) in [6, 6.07) is 7.01. The number of carbonyl (C=O) groups is 3. The number of hydrogen-bond acceptors (Lipinski definition) is 4. The first-order chi connectivity index (χ1) is 14.9. The molecule has 3 amide bonds. The second kappa shape index (κ2) is 10.8. The van der Waals surface area contributed by atoms with Gasteiger partial charge in [0.05, 0.1) is 0 Å². The molecule has 0 saturated carbocycles. The molecule has 0 radical (unpaired) electrons. The van der Waals surface area contributed by atoms with E-state index in [1.807, 2.05) is 12.1 Å². The van der Waals surface area contributed by atoms with Crippen molar-refractivity contribution in [3.63, 3.8) is 0 Å². The van der Waals surface area contributed by atoms with Gasteiger partial charge in [-0.2, -0.15) is 0 Å². The van der Waals surface area contributed by atoms with Crippen LogP contribution in [-0.2, 0) is 20.8 Å². The molecular formula is C24H33N3O3S. The number of rotatable bonds is 9. The van der Waals surface area contributed by atoms with E-state index in [1.165, 1.54) is 4.70 Å². The maximum absolute atomic E-state index is 13.6. The molecule has 0 bridgehead atoms. The van der Waals surface area contributed by atoms with E-state index in [2.05, 4.69) is 29.8 Å². The van der Waals surface area contributed by atoms with E-state index >= 15 is 0 Å². The molecule has 3 rings (SSSR count). The van der Waals surface area contributed by atoms with Crippen LogP contribution in [0.4, 0.5) is 0 Å². The number of benzene rings is 1. The number of amides is 3. The van der Waals surface area contributed by atoms with Crippen molar-refractivity contribution in [1.82, 2.24) is 15.1 Å². The summed E-state index contributed by atoms with van der Waals surface area (Å²) in [5, 5.41) is 6.18. The number of fused-ring (bicyclic) bond motifs is 1. The van der Waals surface area contributed by atoms with E-state index in [0.717, 1.165) is 36.6 Å². The normalized spacial score (nSPS) is 17.0. The third-order valence-electron chi connectivity index (χ3n) is 5.89. The number of carbonyl (C=O) groups excluding carboxylic acids is 3. The van der Waals surface area contributed by atoms with E-state index in [-0.39, 0.29) is 17.7 Å². The molecule has 1 aliphatic rings. The van der Waals surface area contributed by atoms with Crippen molar-refractivity contribution in [1.29, 1.82) is 0 Å². The van der Waals surface area contributed by atoms with Crippen LogP contribution in [0.15, 0.2) is 29.6 Å². The molecule has 1 aromatic heterocycles. The highest BCUT2D eigenvalue weighted by molar-refractivity contribution is 7.17. The molecule has 1 fully saturated rings. The van der Waals surface area contributed by atoms with Crippen LogP contribution in [0, 0.1) is 0 Å². The molecule has 0 aliphatic carbocycles. The van der Waals surface area contributed by atoms with Crippen LogP contribution in [0.25, 0.3) is 10.1 Å². The van der Waals surface area contributed by atoms with Gasteiger partial charge in [-0.15, -0.1) is 11.3 Å². The monoisotopic (exact) mass is 443 g/mol. The van der Waals surface area contributed by atoms with Crippen molar-refractivity contribution in [2.75, 3.05) is 20.6 Å². The Kier molecular flexibility index (Phi) is 8.07. The summed E-state index contributed by atoms with van der Waals surface area (Å²) >= 11 is 1.65. The number of likely N-dealkylation sites (N-methyl/N-ethyl adjacent to an activating group) is 1. The molecule has 1 aromatic carbocycles. The first-order valence-corrected chi connectivity index (χ1v) is 12.1. The number of thiophene rings is 1. The second-order valence-corrected chi connectivity index (χ2v) is 9.37. The summed E-state index contributed by atoms with van der Waals surface area (Å²) in [7, 11) is 3.43. The Balaban J connectivity index is 1.81. The number of unbranched alkanes of at least 4 members (excludes halogenated alkanes) is 2. The van der Waals surface area contributed by atoms with Gasteiger partial charge in [0, 0.05) is 38.2 Å². The fourth-order valence-corrected chi connectivity index (χ4v) is 5.17. The van der Waals surface area contributed by atoms with Crippen molar-refractivity contribution >= 4 is 39.1 Å². The SMILES string of the molecule is CCCCCC(=O)N[C@@H](Cc1csc2ccccc12)C(=O)N1CCC[C@H]1C(=O)N(C)C. The fourth-order valence-electron chi connectivity index (χ4n) is 4.20. The number of nitrogens with zero attached hydrogens (tertiary/aromatic N) is 2. The number of likely N-dealkylation sites (tertiary alicyclic amines) is 1. The zero-order valence-electron chi connectivity index (χ0n) is 18.7. The highest BCUT2D eigenvalue weighted by atomic mass is 32.1. The summed E-state index contributed by atoms with van der Waals surface area (Å²) in [6.45, 7) is 2.65. The first-order valence-electron chi connectivity index (χ1n) is 11.2. The van der Waals surface area contributed by atoms with E-state index in [1.54, 1.807) is 35.2 Å². The van der Waals surface area contributed by atoms with Gasteiger partial charge < -0.3 is 15.1 Å². The minimum Gasteiger partial charge on any atom is -0.347 e. The zero-order chi connectivity index (χ0) is 22.4. The Hall–Kier alpha value is -2.41. The highest BCUT2D eigenvalue weighted by Crippen LogP contribution is 2.28. The van der Waals surface area contributed by atoms with E-state index in [9.17, 15) is 14.4 Å². The van der Waals surface area contributed by atoms with E-state index < -0.39 is 12.1 Å². The molecular weight excluding hydrogens is 410 g/mol. The van der Waals surface area contributed by atoms with E-state index in [4.69, 9.17) is 0 Å². The fraction of sp³-hybridized carbons (Fsp3) is 0.542. The molecule has 2 atom stereocenters. The maximum Gasteiger partial charge on any atom is 0.246 e. The summed E-state index contributed by atoms with van der Waals surface area (Å²) < 4.78 is 1.17. The van der Waals surface area contributed by atoms with Crippen LogP contribution in [0.5, 0.6) is 0 Å². The van der Waals surface area contributed by atoms with Gasteiger partial charge in [0.25, 0.3) is 0 Å². The molecule has 0 unspecified atom stereocenters. The lowest BCUT2D eigenvalue weighted by Crippen LogP contribution is -2.54. The Morgan fingerprint density at radius 3 is 2.74 bits per heavy atom. The van der Waals surface area contributed by atoms with Crippen LogP contribution >= 0.6 is 11.3 Å². The predicted molar refractivity (Wildman–Crippen MR) is 125 cm³/mol. The van der Waals surface area contributed by atoms with Gasteiger partial charge in [0.1, 0.15) is 12.1 Å². The van der Waals surface area contributed by atoms with Gasteiger partial charge in [0.2, 0.25) is 17.7 Å². The number of nitrogens with one attached hydrogen (secondary N) is 1. The van der Waals surface area contributed by atoms with Crippen molar-refractivity contribution in [2.45, 2.75) is 64.0 Å². The van der Waals surface area contributed by atoms with Gasteiger partial charge in [-0.05, 0) is 41.7 Å². The Morgan fingerprint density at radius 1 is 1.23 bits per heavy atom. The average Bonchev–Trinajstić information content (AvgIpc) is 3.40. The van der Waals surface area contributed by atoms with Crippen LogP contribution in [0.2, 0.25) is 0 Å². The molecule has 2 aromatic rings. The van der Waals surface area contributed by atoms with Crippen molar-refractivity contribution in [3.8, 4) is 0 Å². The Labute approximate surface area is 188 Å². The topological polar surface area (TPSA) is 69.7 Å². The molecule has 1 N–H and O–H groups in total. The third-order valence-corrected chi connectivity index (χ3v) is 6.90.